The summed E-state index contributed by atoms with van der Waals surface area (Å²) in [6, 6.07) is 9.96. The van der Waals surface area contributed by atoms with Gasteiger partial charge < -0.3 is 5.41 Å². The van der Waals surface area contributed by atoms with Gasteiger partial charge in [-0.15, -0.1) is 11.8 Å². The predicted octanol–water partition coefficient (Wildman–Crippen LogP) is 2.55. The van der Waals surface area contributed by atoms with E-state index < -0.39 is 0 Å². The smallest absolute Gasteiger partial charge is 0.105 e. The highest BCUT2D eigenvalue weighted by molar-refractivity contribution is 8.14. The van der Waals surface area contributed by atoms with Crippen LogP contribution < -0.4 is 0 Å². The van der Waals surface area contributed by atoms with E-state index in [0.717, 1.165) is 12.0 Å². The summed E-state index contributed by atoms with van der Waals surface area (Å²) >= 11 is 1.37. The molecule has 0 saturated heterocycles. The number of nitrogens with one attached hydrogen (secondary N) is 2. The topological polar surface area (TPSA) is 47.7 Å². The van der Waals surface area contributed by atoms with Crippen molar-refractivity contribution in [2.75, 3.05) is 0 Å². The molecule has 1 rings (SSSR count). The number of rotatable bonds is 3. The zero-order valence-corrected chi connectivity index (χ0v) is 7.40. The molecule has 1 aromatic rings. The summed E-state index contributed by atoms with van der Waals surface area (Å²) in [7, 11) is 0. The van der Waals surface area contributed by atoms with Crippen LogP contribution in [0.3, 0.4) is 0 Å². The van der Waals surface area contributed by atoms with Crippen molar-refractivity contribution in [1.82, 2.24) is 0 Å². The number of hydrogen-bond donors (Lipinski definition) is 2. The van der Waals surface area contributed by atoms with Gasteiger partial charge in [0, 0.05) is 12.0 Å². The lowest BCUT2D eigenvalue weighted by Gasteiger charge is -1.97. The van der Waals surface area contributed by atoms with E-state index in [9.17, 15) is 0 Å². The lowest BCUT2D eigenvalue weighted by molar-refractivity contribution is 1.42. The predicted molar refractivity (Wildman–Crippen MR) is 54.2 cm³/mol. The van der Waals surface area contributed by atoms with Crippen molar-refractivity contribution in [3.63, 3.8) is 0 Å². The molecular formula is C9H10N2S. The first-order chi connectivity index (χ1) is 5.83. The Hall–Kier alpha value is -1.09. The molecule has 0 spiro atoms. The average molecular weight is 178 g/mol. The minimum absolute atomic E-state index is 0.304. The fraction of sp³-hybridized carbons (Fsp3) is 0.111. The molecule has 0 bridgehead atoms. The van der Waals surface area contributed by atoms with E-state index in [-0.39, 0.29) is 0 Å². The van der Waals surface area contributed by atoms with Crippen LogP contribution in [0, 0.1) is 10.8 Å². The first-order valence-electron chi connectivity index (χ1n) is 3.58. The molecule has 2 N–H and O–H groups in total. The summed E-state index contributed by atoms with van der Waals surface area (Å²) in [5.41, 5.74) is 1.19. The highest BCUT2D eigenvalue weighted by Crippen LogP contribution is 2.11. The Labute approximate surface area is 76.0 Å². The maximum atomic E-state index is 7.21. The van der Waals surface area contributed by atoms with E-state index in [0.29, 0.717) is 5.04 Å². The Kier molecular flexibility index (Phi) is 3.54. The molecule has 0 fully saturated rings. The third-order valence-corrected chi connectivity index (χ3v) is 2.27. The lowest BCUT2D eigenvalue weighted by Crippen LogP contribution is -1.90. The molecule has 0 aliphatic carbocycles. The van der Waals surface area contributed by atoms with Crippen molar-refractivity contribution in [1.29, 1.82) is 10.8 Å². The number of thioether (sulfide) groups is 1. The van der Waals surface area contributed by atoms with Crippen LogP contribution in [0.25, 0.3) is 0 Å². The van der Waals surface area contributed by atoms with Gasteiger partial charge in [0.15, 0.2) is 0 Å². The third kappa shape index (κ3) is 2.88. The molecule has 0 atom stereocenters. The molecule has 0 radical (unpaired) electrons. The fourth-order valence-corrected chi connectivity index (χ4v) is 1.37. The van der Waals surface area contributed by atoms with E-state index >= 15 is 0 Å². The van der Waals surface area contributed by atoms with Crippen molar-refractivity contribution >= 4 is 23.0 Å². The molecule has 3 heteroatoms. The average Bonchev–Trinajstić information content (AvgIpc) is 2.16. The molecule has 2 nitrogen and oxygen atoms in total. The number of hydrogen-bond acceptors (Lipinski definition) is 3. The molecule has 0 aromatic heterocycles. The minimum atomic E-state index is 0.304. The summed E-state index contributed by atoms with van der Waals surface area (Å²) in [4.78, 5) is 0. The third-order valence-electron chi connectivity index (χ3n) is 1.37. The van der Waals surface area contributed by atoms with Crippen LogP contribution in [-0.4, -0.2) is 11.3 Å². The Morgan fingerprint density at radius 3 is 2.58 bits per heavy atom. The van der Waals surface area contributed by atoms with Crippen molar-refractivity contribution in [3.05, 3.63) is 35.9 Å². The quantitative estimate of drug-likeness (QED) is 0.542. The second-order valence-corrected chi connectivity index (χ2v) is 3.30. The van der Waals surface area contributed by atoms with Crippen LogP contribution in [0.15, 0.2) is 30.3 Å². The summed E-state index contributed by atoms with van der Waals surface area (Å²) in [5.74, 6) is 0.773. The first kappa shape index (κ1) is 9.00. The SMILES string of the molecule is N=CC(=N)SCc1ccccc1. The van der Waals surface area contributed by atoms with Crippen molar-refractivity contribution in [2.24, 2.45) is 0 Å². The number of benzene rings is 1. The fourth-order valence-electron chi connectivity index (χ4n) is 0.777. The van der Waals surface area contributed by atoms with Crippen molar-refractivity contribution in [2.45, 2.75) is 5.75 Å². The van der Waals surface area contributed by atoms with E-state index in [1.165, 1.54) is 17.3 Å². The monoisotopic (exact) mass is 178 g/mol. The second-order valence-electron chi connectivity index (χ2n) is 2.28. The molecular weight excluding hydrogens is 168 g/mol. The van der Waals surface area contributed by atoms with Crippen LogP contribution in [0.4, 0.5) is 0 Å². The minimum Gasteiger partial charge on any atom is -0.306 e. The van der Waals surface area contributed by atoms with Crippen LogP contribution in [-0.2, 0) is 5.75 Å². The molecule has 0 saturated carbocycles. The van der Waals surface area contributed by atoms with Gasteiger partial charge in [-0.1, -0.05) is 30.3 Å². The molecule has 0 heterocycles. The molecule has 1 aromatic carbocycles. The van der Waals surface area contributed by atoms with Gasteiger partial charge in [-0.2, -0.15) is 0 Å². The van der Waals surface area contributed by atoms with Crippen molar-refractivity contribution in [3.8, 4) is 0 Å². The molecule has 0 unspecified atom stereocenters. The summed E-state index contributed by atoms with van der Waals surface area (Å²) in [5, 5.41) is 14.3. The van der Waals surface area contributed by atoms with Gasteiger partial charge in [-0.25, -0.2) is 0 Å². The van der Waals surface area contributed by atoms with Gasteiger partial charge in [-0.3, -0.25) is 5.41 Å². The van der Waals surface area contributed by atoms with Crippen LogP contribution >= 0.6 is 11.8 Å². The van der Waals surface area contributed by atoms with Crippen LogP contribution in [0.1, 0.15) is 5.56 Å². The maximum Gasteiger partial charge on any atom is 0.105 e. The van der Waals surface area contributed by atoms with Crippen molar-refractivity contribution < 1.29 is 0 Å². The Bertz CT molecular complexity index is 269. The normalized spacial score (nSPS) is 9.33. The molecule has 0 amide bonds. The summed E-state index contributed by atoms with van der Waals surface area (Å²) in [6.07, 6.45) is 1.06. The molecule has 0 aliphatic rings. The first-order valence-corrected chi connectivity index (χ1v) is 4.57. The van der Waals surface area contributed by atoms with Gasteiger partial charge in [-0.05, 0) is 5.56 Å². The molecule has 0 aliphatic heterocycles. The summed E-state index contributed by atoms with van der Waals surface area (Å²) < 4.78 is 0. The summed E-state index contributed by atoms with van der Waals surface area (Å²) in [6.45, 7) is 0. The lowest BCUT2D eigenvalue weighted by atomic mass is 10.2. The standard InChI is InChI=1S/C9H10N2S/c10-6-9(11)12-7-8-4-2-1-3-5-8/h1-6,10-11H,7H2. The Morgan fingerprint density at radius 2 is 2.00 bits per heavy atom. The Balaban J connectivity index is 2.43. The molecule has 12 heavy (non-hydrogen) atoms. The highest BCUT2D eigenvalue weighted by atomic mass is 32.2. The highest BCUT2D eigenvalue weighted by Gasteiger charge is 1.94. The zero-order valence-electron chi connectivity index (χ0n) is 6.58. The van der Waals surface area contributed by atoms with Gasteiger partial charge in [0.25, 0.3) is 0 Å². The van der Waals surface area contributed by atoms with E-state index in [1.54, 1.807) is 0 Å². The van der Waals surface area contributed by atoms with Gasteiger partial charge >= 0.3 is 0 Å². The van der Waals surface area contributed by atoms with E-state index in [4.69, 9.17) is 10.8 Å². The zero-order chi connectivity index (χ0) is 8.81. The largest absolute Gasteiger partial charge is 0.306 e. The van der Waals surface area contributed by atoms with Gasteiger partial charge in [0.05, 0.1) is 0 Å². The van der Waals surface area contributed by atoms with Crippen LogP contribution in [0.5, 0.6) is 0 Å². The van der Waals surface area contributed by atoms with E-state index in [2.05, 4.69) is 0 Å². The second kappa shape index (κ2) is 4.72. The van der Waals surface area contributed by atoms with Crippen LogP contribution in [0.2, 0.25) is 0 Å². The van der Waals surface area contributed by atoms with E-state index in [1.807, 2.05) is 30.3 Å². The molecule has 62 valence electrons. The maximum absolute atomic E-state index is 7.21. The van der Waals surface area contributed by atoms with Gasteiger partial charge in [0.2, 0.25) is 0 Å². The Morgan fingerprint density at radius 1 is 1.33 bits per heavy atom. The van der Waals surface area contributed by atoms with Gasteiger partial charge in [0.1, 0.15) is 5.04 Å².